The molecule has 2 heterocycles. The molecule has 1 aromatic heterocycles. The summed E-state index contributed by atoms with van der Waals surface area (Å²) in [5.41, 5.74) is 1.92. The van der Waals surface area contributed by atoms with Crippen LogP contribution in [0.2, 0.25) is 0 Å². The summed E-state index contributed by atoms with van der Waals surface area (Å²) in [6, 6.07) is 16.2. The molecule has 2 heteroatoms. The van der Waals surface area contributed by atoms with Crippen molar-refractivity contribution in [2.75, 3.05) is 6.61 Å². The largest absolute Gasteiger partial charge is 0.497 e. The van der Waals surface area contributed by atoms with Crippen LogP contribution in [0.3, 0.4) is 0 Å². The molecule has 0 N–H and O–H groups in total. The Morgan fingerprint density at radius 3 is 1.79 bits per heavy atom. The predicted molar refractivity (Wildman–Crippen MR) is 78.0 cm³/mol. The molecule has 0 amide bonds. The second-order valence-corrected chi connectivity index (χ2v) is 4.18. The van der Waals surface area contributed by atoms with Gasteiger partial charge in [-0.15, -0.1) is 0 Å². The van der Waals surface area contributed by atoms with Crippen LogP contribution < -0.4 is 0 Å². The molecule has 94 valence electrons. The van der Waals surface area contributed by atoms with Crippen molar-refractivity contribution < 1.29 is 9.15 Å². The van der Waals surface area contributed by atoms with E-state index in [0.29, 0.717) is 0 Å². The molecular weight excluding hydrogens is 236 g/mol. The summed E-state index contributed by atoms with van der Waals surface area (Å²) in [6.07, 6.45) is 7.47. The lowest BCUT2D eigenvalue weighted by Gasteiger charge is -1.94. The molecule has 4 rings (SSSR count). The molecule has 0 fully saturated rings. The molecule has 1 aliphatic rings. The van der Waals surface area contributed by atoms with Crippen molar-refractivity contribution in [2.45, 2.75) is 0 Å². The van der Waals surface area contributed by atoms with Crippen LogP contribution in [0.5, 0.6) is 0 Å². The van der Waals surface area contributed by atoms with Gasteiger partial charge in [-0.1, -0.05) is 42.5 Å². The number of allylic oxidation sites excluding steroid dienone is 2. The van der Waals surface area contributed by atoms with Gasteiger partial charge in [0.1, 0.15) is 17.8 Å². The molecule has 0 radical (unpaired) electrons. The molecule has 0 spiro atoms. The highest BCUT2D eigenvalue weighted by atomic mass is 16.5. The second-order valence-electron chi connectivity index (χ2n) is 4.18. The third kappa shape index (κ3) is 2.52. The van der Waals surface area contributed by atoms with Crippen molar-refractivity contribution >= 4 is 21.9 Å². The Kier molecular flexibility index (Phi) is 3.32. The van der Waals surface area contributed by atoms with Crippen LogP contribution in [0.1, 0.15) is 0 Å². The lowest BCUT2D eigenvalue weighted by atomic mass is 10.2. The highest BCUT2D eigenvalue weighted by molar-refractivity contribution is 6.04. The number of benzene rings is 2. The van der Waals surface area contributed by atoms with E-state index in [1.165, 1.54) is 10.8 Å². The molecule has 1 aliphatic heterocycles. The van der Waals surface area contributed by atoms with Gasteiger partial charge >= 0.3 is 0 Å². The average Bonchev–Trinajstić information content (AvgIpc) is 2.88. The summed E-state index contributed by atoms with van der Waals surface area (Å²) in [5.74, 6) is 0. The Hall–Kier alpha value is -2.48. The number of fused-ring (bicyclic) bond motifs is 3. The van der Waals surface area contributed by atoms with Crippen LogP contribution >= 0.6 is 0 Å². The van der Waals surface area contributed by atoms with E-state index in [1.54, 1.807) is 6.26 Å². The topological polar surface area (TPSA) is 22.4 Å². The zero-order valence-electron chi connectivity index (χ0n) is 10.5. The van der Waals surface area contributed by atoms with Gasteiger partial charge in [0.2, 0.25) is 0 Å². The van der Waals surface area contributed by atoms with Crippen LogP contribution in [0.25, 0.3) is 21.9 Å². The molecule has 0 saturated heterocycles. The lowest BCUT2D eigenvalue weighted by molar-refractivity contribution is 0.286. The summed E-state index contributed by atoms with van der Waals surface area (Å²) >= 11 is 0. The summed E-state index contributed by atoms with van der Waals surface area (Å²) in [4.78, 5) is 0. The monoisotopic (exact) mass is 250 g/mol. The van der Waals surface area contributed by atoms with Gasteiger partial charge in [0.05, 0.1) is 6.26 Å². The minimum Gasteiger partial charge on any atom is -0.497 e. The first kappa shape index (κ1) is 11.6. The number of hydrogen-bond acceptors (Lipinski definition) is 2. The maximum absolute atomic E-state index is 5.65. The Morgan fingerprint density at radius 2 is 1.37 bits per heavy atom. The third-order valence-electron chi connectivity index (χ3n) is 2.90. The van der Waals surface area contributed by atoms with Crippen molar-refractivity contribution in [2.24, 2.45) is 0 Å². The Morgan fingerprint density at radius 1 is 0.737 bits per heavy atom. The van der Waals surface area contributed by atoms with E-state index in [-0.39, 0.29) is 0 Å². The highest BCUT2D eigenvalue weighted by Gasteiger charge is 2.03. The quantitative estimate of drug-likeness (QED) is 0.578. The van der Waals surface area contributed by atoms with Crippen molar-refractivity contribution in [3.8, 4) is 0 Å². The van der Waals surface area contributed by atoms with E-state index in [1.807, 2.05) is 54.6 Å². The van der Waals surface area contributed by atoms with Crippen LogP contribution in [-0.2, 0) is 4.74 Å². The fourth-order valence-electron chi connectivity index (χ4n) is 2.02. The molecule has 0 unspecified atom stereocenters. The number of para-hydroxylation sites is 2. The maximum Gasteiger partial charge on any atom is 0.135 e. The van der Waals surface area contributed by atoms with E-state index < -0.39 is 0 Å². The van der Waals surface area contributed by atoms with Gasteiger partial charge in [-0.05, 0) is 24.3 Å². The minimum atomic E-state index is 0.733. The van der Waals surface area contributed by atoms with Crippen molar-refractivity contribution in [3.05, 3.63) is 73.0 Å². The zero-order valence-corrected chi connectivity index (χ0v) is 10.5. The summed E-state index contributed by atoms with van der Waals surface area (Å²) in [5, 5.41) is 2.39. The molecule has 0 atom stereocenters. The molecular formula is C17H14O2. The van der Waals surface area contributed by atoms with Gasteiger partial charge < -0.3 is 9.15 Å². The van der Waals surface area contributed by atoms with E-state index in [0.717, 1.165) is 17.8 Å². The SMILES string of the molecule is C1=CCOC=C1.c1ccc2c(c1)oc1ccccc12. The fraction of sp³-hybridized carbons (Fsp3) is 0.0588. The first-order valence-electron chi connectivity index (χ1n) is 6.25. The molecule has 2 aromatic carbocycles. The van der Waals surface area contributed by atoms with Crippen molar-refractivity contribution in [1.29, 1.82) is 0 Å². The first-order valence-corrected chi connectivity index (χ1v) is 6.25. The van der Waals surface area contributed by atoms with Crippen molar-refractivity contribution in [1.82, 2.24) is 0 Å². The Bertz CT molecular complexity index is 673. The molecule has 3 aromatic rings. The Labute approximate surface area is 111 Å². The van der Waals surface area contributed by atoms with Gasteiger partial charge in [0.15, 0.2) is 0 Å². The van der Waals surface area contributed by atoms with E-state index >= 15 is 0 Å². The van der Waals surface area contributed by atoms with E-state index in [9.17, 15) is 0 Å². The van der Waals surface area contributed by atoms with Gasteiger partial charge in [-0.2, -0.15) is 0 Å². The third-order valence-corrected chi connectivity index (χ3v) is 2.90. The minimum absolute atomic E-state index is 0.733. The highest BCUT2D eigenvalue weighted by Crippen LogP contribution is 2.27. The first-order chi connectivity index (χ1) is 9.45. The fourth-order valence-corrected chi connectivity index (χ4v) is 2.02. The molecule has 19 heavy (non-hydrogen) atoms. The molecule has 0 aliphatic carbocycles. The number of furan rings is 1. The maximum atomic E-state index is 5.65. The van der Waals surface area contributed by atoms with Gasteiger partial charge in [0.25, 0.3) is 0 Å². The van der Waals surface area contributed by atoms with Crippen LogP contribution in [0, 0.1) is 0 Å². The van der Waals surface area contributed by atoms with Crippen molar-refractivity contribution in [3.63, 3.8) is 0 Å². The van der Waals surface area contributed by atoms with Gasteiger partial charge in [0, 0.05) is 10.8 Å². The molecule has 2 nitrogen and oxygen atoms in total. The zero-order chi connectivity index (χ0) is 12.9. The summed E-state index contributed by atoms with van der Waals surface area (Å²) in [7, 11) is 0. The average molecular weight is 250 g/mol. The van der Waals surface area contributed by atoms with Crippen LogP contribution in [0.4, 0.5) is 0 Å². The summed E-state index contributed by atoms with van der Waals surface area (Å²) < 4.78 is 10.5. The number of rotatable bonds is 0. The smallest absolute Gasteiger partial charge is 0.135 e. The predicted octanol–water partition coefficient (Wildman–Crippen LogP) is 4.67. The van der Waals surface area contributed by atoms with Crippen LogP contribution in [-0.4, -0.2) is 6.61 Å². The molecule has 0 saturated carbocycles. The van der Waals surface area contributed by atoms with Gasteiger partial charge in [-0.3, -0.25) is 0 Å². The normalized spacial score (nSPS) is 13.1. The van der Waals surface area contributed by atoms with Crippen LogP contribution in [0.15, 0.2) is 77.4 Å². The number of ether oxygens (including phenoxy) is 1. The van der Waals surface area contributed by atoms with E-state index in [2.05, 4.69) is 12.1 Å². The molecule has 0 bridgehead atoms. The van der Waals surface area contributed by atoms with E-state index in [4.69, 9.17) is 9.15 Å². The lowest BCUT2D eigenvalue weighted by Crippen LogP contribution is -1.82. The summed E-state index contributed by atoms with van der Waals surface area (Å²) in [6.45, 7) is 0.733. The Balaban J connectivity index is 0.000000155. The second kappa shape index (κ2) is 5.44. The van der Waals surface area contributed by atoms with Gasteiger partial charge in [-0.25, -0.2) is 0 Å². The standard InChI is InChI=1S/C12H8O.C5H6O/c1-3-7-11-9(5-1)10-6-2-4-8-12(10)13-11;1-2-4-6-5-3-1/h1-8H;1-4H,5H2. The number of hydrogen-bond donors (Lipinski definition) is 0.